The fraction of sp³-hybridized carbons (Fsp3) is 0.333. The standard InChI is InChI=1S/C15H13BrFN3/c16-13-8-14(19-15(18-13)10-1-2-10)20-6-5-9-3-4-11(17)7-12(9)20/h3-4,7-8,10H,1-2,5-6H2. The summed E-state index contributed by atoms with van der Waals surface area (Å²) in [6, 6.07) is 6.89. The number of benzene rings is 1. The van der Waals surface area contributed by atoms with E-state index >= 15 is 0 Å². The molecular formula is C15H13BrFN3. The number of rotatable bonds is 2. The summed E-state index contributed by atoms with van der Waals surface area (Å²) in [6.45, 7) is 0.840. The Morgan fingerprint density at radius 1 is 1.20 bits per heavy atom. The van der Waals surface area contributed by atoms with Crippen molar-refractivity contribution in [3.63, 3.8) is 0 Å². The van der Waals surface area contributed by atoms with Crippen LogP contribution in [0.1, 0.15) is 30.1 Å². The summed E-state index contributed by atoms with van der Waals surface area (Å²) in [7, 11) is 0. The van der Waals surface area contributed by atoms with Crippen LogP contribution in [0.4, 0.5) is 15.9 Å². The summed E-state index contributed by atoms with van der Waals surface area (Å²) in [4.78, 5) is 11.2. The monoisotopic (exact) mass is 333 g/mol. The second-order valence-electron chi connectivity index (χ2n) is 5.36. The van der Waals surface area contributed by atoms with Crippen LogP contribution in [0, 0.1) is 5.82 Å². The molecule has 2 aromatic rings. The summed E-state index contributed by atoms with van der Waals surface area (Å²) >= 11 is 3.46. The molecule has 1 aliphatic carbocycles. The van der Waals surface area contributed by atoms with Crippen molar-refractivity contribution in [1.82, 2.24) is 9.97 Å². The highest BCUT2D eigenvalue weighted by molar-refractivity contribution is 9.10. The molecule has 0 atom stereocenters. The minimum Gasteiger partial charge on any atom is -0.326 e. The molecule has 1 aromatic heterocycles. The summed E-state index contributed by atoms with van der Waals surface area (Å²) in [6.07, 6.45) is 3.26. The van der Waals surface area contributed by atoms with Crippen LogP contribution in [0.3, 0.4) is 0 Å². The van der Waals surface area contributed by atoms with Gasteiger partial charge in [0.15, 0.2) is 0 Å². The first-order valence-electron chi connectivity index (χ1n) is 6.81. The maximum atomic E-state index is 13.5. The first-order chi connectivity index (χ1) is 9.70. The van der Waals surface area contributed by atoms with E-state index in [4.69, 9.17) is 0 Å². The third-order valence-electron chi connectivity index (χ3n) is 3.86. The maximum absolute atomic E-state index is 13.5. The average molecular weight is 334 g/mol. The third-order valence-corrected chi connectivity index (χ3v) is 4.27. The molecule has 0 bridgehead atoms. The number of hydrogen-bond donors (Lipinski definition) is 0. The lowest BCUT2D eigenvalue weighted by Gasteiger charge is -2.19. The van der Waals surface area contributed by atoms with Gasteiger partial charge in [-0.3, -0.25) is 0 Å². The number of anilines is 2. The Morgan fingerprint density at radius 3 is 2.85 bits per heavy atom. The quantitative estimate of drug-likeness (QED) is 0.779. The van der Waals surface area contributed by atoms with Crippen molar-refractivity contribution in [3.8, 4) is 0 Å². The molecule has 2 aliphatic rings. The van der Waals surface area contributed by atoms with Gasteiger partial charge in [-0.15, -0.1) is 0 Å². The first-order valence-corrected chi connectivity index (χ1v) is 7.60. The van der Waals surface area contributed by atoms with Crippen molar-refractivity contribution in [3.05, 3.63) is 46.1 Å². The second kappa shape index (κ2) is 4.52. The number of halogens is 2. The molecule has 0 radical (unpaired) electrons. The molecule has 102 valence electrons. The van der Waals surface area contributed by atoms with Crippen LogP contribution >= 0.6 is 15.9 Å². The van der Waals surface area contributed by atoms with E-state index in [1.54, 1.807) is 6.07 Å². The zero-order valence-corrected chi connectivity index (χ0v) is 12.4. The van der Waals surface area contributed by atoms with Gasteiger partial charge in [0.25, 0.3) is 0 Å². The topological polar surface area (TPSA) is 29.0 Å². The van der Waals surface area contributed by atoms with Crippen LogP contribution in [-0.2, 0) is 6.42 Å². The van der Waals surface area contributed by atoms with Gasteiger partial charge in [-0.25, -0.2) is 14.4 Å². The molecule has 3 nitrogen and oxygen atoms in total. The van der Waals surface area contributed by atoms with Gasteiger partial charge in [-0.1, -0.05) is 6.07 Å². The van der Waals surface area contributed by atoms with Crippen molar-refractivity contribution in [2.75, 3.05) is 11.4 Å². The van der Waals surface area contributed by atoms with Crippen LogP contribution < -0.4 is 4.90 Å². The predicted molar refractivity (Wildman–Crippen MR) is 78.8 cm³/mol. The number of fused-ring (bicyclic) bond motifs is 1. The minimum absolute atomic E-state index is 0.203. The van der Waals surface area contributed by atoms with Crippen molar-refractivity contribution in [1.29, 1.82) is 0 Å². The first kappa shape index (κ1) is 12.3. The van der Waals surface area contributed by atoms with Gasteiger partial charge in [-0.2, -0.15) is 0 Å². The highest BCUT2D eigenvalue weighted by atomic mass is 79.9. The second-order valence-corrected chi connectivity index (χ2v) is 6.17. The number of aromatic nitrogens is 2. The fourth-order valence-corrected chi connectivity index (χ4v) is 3.06. The Balaban J connectivity index is 1.77. The molecule has 1 aromatic carbocycles. The van der Waals surface area contributed by atoms with Crippen LogP contribution in [-0.4, -0.2) is 16.5 Å². The molecule has 5 heteroatoms. The highest BCUT2D eigenvalue weighted by Gasteiger charge is 2.29. The summed E-state index contributed by atoms with van der Waals surface area (Å²) in [5.41, 5.74) is 2.10. The molecule has 1 fully saturated rings. The normalized spacial score (nSPS) is 17.4. The molecule has 1 saturated carbocycles. The molecule has 2 heterocycles. The van der Waals surface area contributed by atoms with Gasteiger partial charge in [0, 0.05) is 24.2 Å². The summed E-state index contributed by atoms with van der Waals surface area (Å²) in [5.74, 6) is 2.06. The van der Waals surface area contributed by atoms with Crippen LogP contribution in [0.15, 0.2) is 28.9 Å². The van der Waals surface area contributed by atoms with Crippen LogP contribution in [0.5, 0.6) is 0 Å². The molecule has 0 spiro atoms. The van der Waals surface area contributed by atoms with E-state index in [2.05, 4.69) is 30.8 Å². The van der Waals surface area contributed by atoms with E-state index in [0.717, 1.165) is 34.9 Å². The van der Waals surface area contributed by atoms with E-state index in [0.29, 0.717) is 5.92 Å². The average Bonchev–Trinajstić information content (AvgIpc) is 3.19. The lowest BCUT2D eigenvalue weighted by atomic mass is 10.2. The molecular weight excluding hydrogens is 321 g/mol. The van der Waals surface area contributed by atoms with Crippen molar-refractivity contribution in [2.24, 2.45) is 0 Å². The van der Waals surface area contributed by atoms with Gasteiger partial charge in [0.1, 0.15) is 22.1 Å². The Labute approximate surface area is 125 Å². The molecule has 4 rings (SSSR count). The predicted octanol–water partition coefficient (Wildman–Crippen LogP) is 3.95. The number of nitrogens with zero attached hydrogens (tertiary/aromatic N) is 3. The van der Waals surface area contributed by atoms with Gasteiger partial charge in [0.2, 0.25) is 0 Å². The fourth-order valence-electron chi connectivity index (χ4n) is 2.68. The maximum Gasteiger partial charge on any atom is 0.137 e. The van der Waals surface area contributed by atoms with Gasteiger partial charge >= 0.3 is 0 Å². The Hall–Kier alpha value is -1.49. The lowest BCUT2D eigenvalue weighted by Crippen LogP contribution is -2.16. The summed E-state index contributed by atoms with van der Waals surface area (Å²) < 4.78 is 14.3. The Morgan fingerprint density at radius 2 is 2.05 bits per heavy atom. The minimum atomic E-state index is -0.203. The smallest absolute Gasteiger partial charge is 0.137 e. The number of hydrogen-bond acceptors (Lipinski definition) is 3. The van der Waals surface area contributed by atoms with E-state index in [9.17, 15) is 4.39 Å². The SMILES string of the molecule is Fc1ccc2c(c1)N(c1cc(Br)nc(C3CC3)n1)CC2. The van der Waals surface area contributed by atoms with Crippen molar-refractivity contribution < 1.29 is 4.39 Å². The van der Waals surface area contributed by atoms with E-state index < -0.39 is 0 Å². The third kappa shape index (κ3) is 2.10. The van der Waals surface area contributed by atoms with Gasteiger partial charge < -0.3 is 4.90 Å². The molecule has 0 N–H and O–H groups in total. The van der Waals surface area contributed by atoms with E-state index in [1.165, 1.54) is 24.5 Å². The molecule has 0 unspecified atom stereocenters. The lowest BCUT2D eigenvalue weighted by molar-refractivity contribution is 0.628. The molecule has 20 heavy (non-hydrogen) atoms. The van der Waals surface area contributed by atoms with Crippen LogP contribution in [0.2, 0.25) is 0 Å². The van der Waals surface area contributed by atoms with Crippen molar-refractivity contribution >= 4 is 27.4 Å². The van der Waals surface area contributed by atoms with E-state index in [-0.39, 0.29) is 5.82 Å². The summed E-state index contributed by atoms with van der Waals surface area (Å²) in [5, 5.41) is 0. The van der Waals surface area contributed by atoms with E-state index in [1.807, 2.05) is 12.1 Å². The van der Waals surface area contributed by atoms with Crippen LogP contribution in [0.25, 0.3) is 0 Å². The zero-order chi connectivity index (χ0) is 13.7. The largest absolute Gasteiger partial charge is 0.326 e. The highest BCUT2D eigenvalue weighted by Crippen LogP contribution is 2.40. The molecule has 1 aliphatic heterocycles. The zero-order valence-electron chi connectivity index (χ0n) is 10.8. The Bertz CT molecular complexity index is 685. The van der Waals surface area contributed by atoms with Crippen molar-refractivity contribution in [2.45, 2.75) is 25.2 Å². The molecule has 0 saturated heterocycles. The van der Waals surface area contributed by atoms with Gasteiger partial charge in [0.05, 0.1) is 0 Å². The van der Waals surface area contributed by atoms with Gasteiger partial charge in [-0.05, 0) is 52.9 Å². The Kier molecular flexibility index (Phi) is 2.77. The molecule has 0 amide bonds.